The van der Waals surface area contributed by atoms with Gasteiger partial charge in [0.05, 0.1) is 54.2 Å². The average Bonchev–Trinajstić information content (AvgIpc) is 4.14. The van der Waals surface area contributed by atoms with E-state index >= 15 is 0 Å². The molecule has 0 N–H and O–H groups in total. The molecule has 14 aromatic rings. The number of hydrogen-bond donors (Lipinski definition) is 0. The number of para-hydroxylation sites is 3. The van der Waals surface area contributed by atoms with E-state index in [4.69, 9.17) is 19.4 Å². The van der Waals surface area contributed by atoms with Crippen molar-refractivity contribution >= 4 is 126 Å². The molecule has 0 aliphatic heterocycles. The Morgan fingerprint density at radius 2 is 0.954 bits per heavy atom. The van der Waals surface area contributed by atoms with Crippen LogP contribution in [-0.2, 0) is 0 Å². The van der Waals surface area contributed by atoms with Crippen molar-refractivity contribution in [1.82, 2.24) is 29.1 Å². The van der Waals surface area contributed by atoms with E-state index in [0.717, 1.165) is 87.0 Å². The van der Waals surface area contributed by atoms with Gasteiger partial charge >= 0.3 is 0 Å². The second-order valence-corrected chi connectivity index (χ2v) is 21.2. The number of nitrogens with zero attached hydrogens (tertiary/aromatic N) is 6. The summed E-state index contributed by atoms with van der Waals surface area (Å²) in [6.07, 6.45) is 9.70. The van der Waals surface area contributed by atoms with Crippen LogP contribution in [-0.4, -0.2) is 37.1 Å². The lowest BCUT2D eigenvalue weighted by molar-refractivity contribution is 0.667. The third kappa shape index (κ3) is 4.99. The van der Waals surface area contributed by atoms with Gasteiger partial charge in [-0.2, -0.15) is 0 Å². The molecular formula is C56H34N6OSSi. The van der Waals surface area contributed by atoms with E-state index < -0.39 is 8.07 Å². The van der Waals surface area contributed by atoms with Crippen LogP contribution in [0.2, 0.25) is 0 Å². The number of aromatic nitrogens is 6. The van der Waals surface area contributed by atoms with Gasteiger partial charge in [-0.3, -0.25) is 19.5 Å². The van der Waals surface area contributed by atoms with Crippen LogP contribution in [0.5, 0.6) is 0 Å². The molecule has 0 unspecified atom stereocenters. The number of furan rings is 1. The molecule has 6 aromatic carbocycles. The fourth-order valence-corrected chi connectivity index (χ4v) is 17.0. The Bertz CT molecular complexity index is 3830. The summed E-state index contributed by atoms with van der Waals surface area (Å²) in [5.74, 6) is 0. The predicted molar refractivity (Wildman–Crippen MR) is 270 cm³/mol. The summed E-state index contributed by atoms with van der Waals surface area (Å²) < 4.78 is 14.4. The molecule has 0 fully saturated rings. The molecule has 0 amide bonds. The van der Waals surface area contributed by atoms with Crippen LogP contribution >= 0.6 is 11.3 Å². The van der Waals surface area contributed by atoms with Crippen LogP contribution in [0.3, 0.4) is 0 Å². The molecular weight excluding hydrogens is 833 g/mol. The van der Waals surface area contributed by atoms with Crippen molar-refractivity contribution in [2.45, 2.75) is 0 Å². The average molecular weight is 867 g/mol. The summed E-state index contributed by atoms with van der Waals surface area (Å²) in [5, 5.41) is 13.3. The van der Waals surface area contributed by atoms with Gasteiger partial charge in [-0.05, 0) is 65.0 Å². The van der Waals surface area contributed by atoms with E-state index in [9.17, 15) is 0 Å². The fourth-order valence-electron chi connectivity index (χ4n) is 10.6. The highest BCUT2D eigenvalue weighted by Gasteiger charge is 2.48. The molecule has 0 bridgehead atoms. The Kier molecular flexibility index (Phi) is 7.74. The Morgan fingerprint density at radius 3 is 1.74 bits per heavy atom. The summed E-state index contributed by atoms with van der Waals surface area (Å²) in [4.78, 5) is 20.6. The fraction of sp³-hybridized carbons (Fsp3) is 0. The minimum atomic E-state index is -3.44. The van der Waals surface area contributed by atoms with E-state index in [2.05, 4.69) is 184 Å². The molecule has 9 heteroatoms. The second-order valence-electron chi connectivity index (χ2n) is 16.5. The molecule has 0 saturated heterocycles. The molecule has 8 heterocycles. The summed E-state index contributed by atoms with van der Waals surface area (Å²) in [6, 6.07) is 62.6. The Morgan fingerprint density at radius 1 is 0.385 bits per heavy atom. The molecule has 7 nitrogen and oxygen atoms in total. The molecule has 304 valence electrons. The van der Waals surface area contributed by atoms with E-state index in [1.807, 2.05) is 48.4 Å². The third-order valence-electron chi connectivity index (χ3n) is 13.3. The third-order valence-corrected chi connectivity index (χ3v) is 19.3. The van der Waals surface area contributed by atoms with Crippen molar-refractivity contribution in [2.75, 3.05) is 0 Å². The minimum absolute atomic E-state index is 0.765. The zero-order valence-corrected chi connectivity index (χ0v) is 36.4. The Labute approximate surface area is 376 Å². The van der Waals surface area contributed by atoms with Crippen molar-refractivity contribution in [3.8, 4) is 11.4 Å². The SMILES string of the molecule is c1ccc([Si](c2ccccc2)(c2nccc3c2oc2c(-n4c5ccccc5c5cccnc54)cccc23)c2nccc3c2sc2c(-n4c5ccccc5c5ccncc54)cccc23)cc1. The molecule has 0 radical (unpaired) electrons. The van der Waals surface area contributed by atoms with Gasteiger partial charge in [-0.1, -0.05) is 121 Å². The van der Waals surface area contributed by atoms with Gasteiger partial charge in [0.25, 0.3) is 0 Å². The minimum Gasteiger partial charge on any atom is -0.452 e. The van der Waals surface area contributed by atoms with E-state index in [1.54, 1.807) is 0 Å². The van der Waals surface area contributed by atoms with Crippen molar-refractivity contribution in [3.63, 3.8) is 0 Å². The van der Waals surface area contributed by atoms with E-state index in [1.165, 1.54) is 31.2 Å². The zero-order chi connectivity index (χ0) is 42.6. The van der Waals surface area contributed by atoms with Gasteiger partial charge in [0.15, 0.2) is 11.2 Å². The van der Waals surface area contributed by atoms with Crippen LogP contribution in [0.4, 0.5) is 0 Å². The highest BCUT2D eigenvalue weighted by molar-refractivity contribution is 7.31. The molecule has 0 aliphatic carbocycles. The van der Waals surface area contributed by atoms with Gasteiger partial charge < -0.3 is 8.98 Å². The highest BCUT2D eigenvalue weighted by Crippen LogP contribution is 2.42. The van der Waals surface area contributed by atoms with Gasteiger partial charge in [0, 0.05) is 67.9 Å². The van der Waals surface area contributed by atoms with Crippen molar-refractivity contribution in [2.24, 2.45) is 0 Å². The van der Waals surface area contributed by atoms with E-state index in [0.29, 0.717) is 0 Å². The smallest absolute Gasteiger partial charge is 0.230 e. The van der Waals surface area contributed by atoms with E-state index in [-0.39, 0.29) is 0 Å². The van der Waals surface area contributed by atoms with Gasteiger partial charge in [0.2, 0.25) is 8.07 Å². The number of rotatable bonds is 6. The maximum atomic E-state index is 7.42. The first-order valence-corrected chi connectivity index (χ1v) is 24.5. The topological polar surface area (TPSA) is 74.6 Å². The Balaban J connectivity index is 1.10. The molecule has 0 aliphatic rings. The first kappa shape index (κ1) is 36.3. The van der Waals surface area contributed by atoms with Gasteiger partial charge in [-0.25, -0.2) is 4.98 Å². The largest absolute Gasteiger partial charge is 0.452 e. The van der Waals surface area contributed by atoms with Crippen molar-refractivity contribution in [3.05, 3.63) is 207 Å². The summed E-state index contributed by atoms with van der Waals surface area (Å²) in [5.41, 5.74) is 7.77. The zero-order valence-electron chi connectivity index (χ0n) is 34.6. The lowest BCUT2D eigenvalue weighted by atomic mass is 10.1. The summed E-state index contributed by atoms with van der Waals surface area (Å²) >= 11 is 1.82. The number of hydrogen-bond acceptors (Lipinski definition) is 6. The van der Waals surface area contributed by atoms with Crippen LogP contribution in [0, 0.1) is 0 Å². The summed E-state index contributed by atoms with van der Waals surface area (Å²) in [7, 11) is -3.44. The molecule has 0 spiro atoms. The predicted octanol–water partition coefficient (Wildman–Crippen LogP) is 11.1. The number of pyridine rings is 4. The summed E-state index contributed by atoms with van der Waals surface area (Å²) in [6.45, 7) is 0. The van der Waals surface area contributed by atoms with Gasteiger partial charge in [0.1, 0.15) is 5.65 Å². The molecule has 0 saturated carbocycles. The lowest BCUT2D eigenvalue weighted by Crippen LogP contribution is -2.76. The van der Waals surface area contributed by atoms with Crippen LogP contribution in [0.15, 0.2) is 211 Å². The van der Waals surface area contributed by atoms with Crippen LogP contribution in [0.25, 0.3) is 97.2 Å². The second kappa shape index (κ2) is 13.9. The molecule has 65 heavy (non-hydrogen) atoms. The van der Waals surface area contributed by atoms with Crippen molar-refractivity contribution in [1.29, 1.82) is 0 Å². The first-order chi connectivity index (χ1) is 32.3. The monoisotopic (exact) mass is 866 g/mol. The van der Waals surface area contributed by atoms with Crippen molar-refractivity contribution < 1.29 is 4.42 Å². The maximum absolute atomic E-state index is 7.42. The number of thiophene rings is 1. The normalized spacial score (nSPS) is 12.3. The molecule has 8 aromatic heterocycles. The standard InChI is InChI=1S/C56H34N6OSSi/c1-3-14-35(15-4-1)65(36-16-5-2-6-17-36,55-51-41(28-32-59-55)40-20-11-25-47(50(40)63-51)62-46-24-10-8-19-38(46)44-22-13-30-58-54(44)62)56-53-43(29-33-60-56)42-21-12-26-48(52(42)64-53)61-45-23-9-7-18-37(45)39-27-31-57-34-49(39)61/h1-34H. The quantitative estimate of drug-likeness (QED) is 0.156. The highest BCUT2D eigenvalue weighted by atomic mass is 32.1. The number of fused-ring (bicyclic) bond motifs is 12. The lowest BCUT2D eigenvalue weighted by Gasteiger charge is -2.32. The van der Waals surface area contributed by atoms with Gasteiger partial charge in [-0.15, -0.1) is 11.3 Å². The Hall–Kier alpha value is -8.24. The van der Waals surface area contributed by atoms with Crippen LogP contribution in [0.1, 0.15) is 0 Å². The molecule has 0 atom stereocenters. The van der Waals surface area contributed by atoms with Crippen LogP contribution < -0.4 is 21.0 Å². The first-order valence-electron chi connectivity index (χ1n) is 21.7. The number of benzene rings is 6. The molecule has 14 rings (SSSR count). The maximum Gasteiger partial charge on any atom is 0.230 e.